The molecule has 20 heavy (non-hydrogen) atoms. The van der Waals surface area contributed by atoms with Crippen LogP contribution < -0.4 is 10.6 Å². The van der Waals surface area contributed by atoms with Crippen molar-refractivity contribution in [2.24, 2.45) is 0 Å². The van der Waals surface area contributed by atoms with Crippen molar-refractivity contribution in [3.63, 3.8) is 0 Å². The van der Waals surface area contributed by atoms with E-state index in [9.17, 15) is 14.5 Å². The first-order valence-electron chi connectivity index (χ1n) is 5.98. The molecule has 5 nitrogen and oxygen atoms in total. The zero-order valence-corrected chi connectivity index (χ0v) is 11.0. The summed E-state index contributed by atoms with van der Waals surface area (Å²) < 4.78 is 10.5. The molecule has 0 amide bonds. The first-order chi connectivity index (χ1) is 9.53. The molecule has 6 heteroatoms. The normalized spacial score (nSPS) is 22.4. The van der Waals surface area contributed by atoms with Crippen molar-refractivity contribution in [3.05, 3.63) is 59.7 Å². The third-order valence-electron chi connectivity index (χ3n) is 3.60. The molecule has 4 rings (SSSR count). The summed E-state index contributed by atoms with van der Waals surface area (Å²) in [6.45, 7) is 0. The van der Waals surface area contributed by atoms with Crippen LogP contribution in [0.1, 0.15) is 20.7 Å². The van der Waals surface area contributed by atoms with Crippen LogP contribution in [0.5, 0.6) is 0 Å². The number of hydrogen-bond acceptors (Lipinski definition) is 5. The van der Waals surface area contributed by atoms with E-state index >= 15 is 0 Å². The molecule has 2 aliphatic rings. The zero-order chi connectivity index (χ0) is 14.0. The fourth-order valence-corrected chi connectivity index (χ4v) is 6.11. The average molecular weight is 288 g/mol. The van der Waals surface area contributed by atoms with Crippen molar-refractivity contribution in [2.75, 3.05) is 0 Å². The quantitative estimate of drug-likeness (QED) is 0.739. The summed E-state index contributed by atoms with van der Waals surface area (Å²) in [5, 5.41) is 0.503. The van der Waals surface area contributed by atoms with Crippen molar-refractivity contribution in [2.45, 2.75) is 0 Å². The number of rotatable bonds is 0. The van der Waals surface area contributed by atoms with Crippen LogP contribution in [-0.2, 0) is 9.05 Å². The van der Waals surface area contributed by atoms with Crippen LogP contribution in [0.3, 0.4) is 0 Å². The number of carbonyl (C=O) groups excluding carboxylic acids is 2. The van der Waals surface area contributed by atoms with Gasteiger partial charge in [0.05, 0.1) is 0 Å². The van der Waals surface area contributed by atoms with E-state index in [1.807, 2.05) is 0 Å². The van der Waals surface area contributed by atoms with E-state index in [1.165, 1.54) is 0 Å². The van der Waals surface area contributed by atoms with Gasteiger partial charge in [-0.05, 0) is 0 Å². The Labute approximate surface area is 113 Å². The van der Waals surface area contributed by atoms with Crippen LogP contribution in [-0.4, -0.2) is 16.8 Å². The first-order valence-corrected chi connectivity index (χ1v) is 8.01. The fourth-order valence-electron chi connectivity index (χ4n) is 2.73. The fraction of sp³-hybridized carbons (Fsp3) is 0. The summed E-state index contributed by atoms with van der Waals surface area (Å²) in [4.78, 5) is 35.2. The second-order valence-corrected chi connectivity index (χ2v) is 7.86. The van der Waals surface area contributed by atoms with Gasteiger partial charge in [0.2, 0.25) is 0 Å². The number of benzene rings is 2. The Kier molecular flexibility index (Phi) is 1.89. The zero-order valence-electron chi connectivity index (χ0n) is 10.1. The predicted molar refractivity (Wildman–Crippen MR) is 72.1 cm³/mol. The topological polar surface area (TPSA) is 72.8 Å². The van der Waals surface area contributed by atoms with Crippen LogP contribution in [0, 0.1) is 0 Å². The second kappa shape index (κ2) is 3.26. The van der Waals surface area contributed by atoms with Gasteiger partial charge in [0.15, 0.2) is 0 Å². The standard InChI is InChI=1S/C14H9O5P/c15-13-9-5-1-3-7-11(9)20(17,18-13)12-8-4-2-6-10(12)14(16)19-20/h1-8,17H. The van der Waals surface area contributed by atoms with Gasteiger partial charge in [-0.15, -0.1) is 0 Å². The van der Waals surface area contributed by atoms with E-state index in [1.54, 1.807) is 48.5 Å². The molecular weight excluding hydrogens is 279 g/mol. The van der Waals surface area contributed by atoms with Crippen LogP contribution >= 0.6 is 7.28 Å². The minimum atomic E-state index is -4.63. The van der Waals surface area contributed by atoms with Crippen LogP contribution in [0.2, 0.25) is 0 Å². The summed E-state index contributed by atoms with van der Waals surface area (Å²) in [5.74, 6) is -1.35. The van der Waals surface area contributed by atoms with Crippen LogP contribution in [0.15, 0.2) is 48.5 Å². The molecule has 2 aromatic carbocycles. The Morgan fingerprint density at radius 1 is 0.750 bits per heavy atom. The summed E-state index contributed by atoms with van der Waals surface area (Å²) in [7, 11) is -4.63. The molecule has 0 saturated heterocycles. The first kappa shape index (κ1) is 11.6. The Balaban J connectivity index is 2.13. The molecule has 0 aromatic heterocycles. The molecule has 0 aliphatic carbocycles. The molecule has 2 aliphatic heterocycles. The molecule has 1 N–H and O–H groups in total. The predicted octanol–water partition coefficient (Wildman–Crippen LogP) is 1.27. The van der Waals surface area contributed by atoms with Gasteiger partial charge in [0.1, 0.15) is 0 Å². The van der Waals surface area contributed by atoms with E-state index < -0.39 is 19.2 Å². The van der Waals surface area contributed by atoms with E-state index in [0.717, 1.165) is 0 Å². The van der Waals surface area contributed by atoms with Gasteiger partial charge in [-0.1, -0.05) is 0 Å². The maximum absolute atomic E-state index is 12.0. The molecule has 100 valence electrons. The second-order valence-electron chi connectivity index (χ2n) is 4.71. The summed E-state index contributed by atoms with van der Waals surface area (Å²) in [5.41, 5.74) is 0.467. The molecule has 2 heterocycles. The van der Waals surface area contributed by atoms with Crippen molar-refractivity contribution in [3.8, 4) is 0 Å². The molecule has 1 spiro atoms. The summed E-state index contributed by atoms with van der Waals surface area (Å²) in [6.07, 6.45) is 0. The van der Waals surface area contributed by atoms with E-state index in [4.69, 9.17) is 9.05 Å². The number of fused-ring (bicyclic) bond motifs is 4. The monoisotopic (exact) mass is 288 g/mol. The Bertz CT molecular complexity index is 732. The van der Waals surface area contributed by atoms with Gasteiger partial charge in [-0.3, -0.25) is 0 Å². The molecule has 0 bridgehead atoms. The van der Waals surface area contributed by atoms with Gasteiger partial charge in [0, 0.05) is 0 Å². The summed E-state index contributed by atoms with van der Waals surface area (Å²) >= 11 is 0. The van der Waals surface area contributed by atoms with E-state index in [2.05, 4.69) is 0 Å². The van der Waals surface area contributed by atoms with Crippen molar-refractivity contribution >= 4 is 29.8 Å². The van der Waals surface area contributed by atoms with Crippen molar-refractivity contribution in [1.82, 2.24) is 0 Å². The van der Waals surface area contributed by atoms with Gasteiger partial charge in [-0.2, -0.15) is 0 Å². The Hall–Kier alpha value is -2.23. The van der Waals surface area contributed by atoms with Crippen molar-refractivity contribution < 1.29 is 23.5 Å². The molecule has 0 atom stereocenters. The third-order valence-corrected chi connectivity index (χ3v) is 7.09. The Morgan fingerprint density at radius 3 is 1.60 bits per heavy atom. The Morgan fingerprint density at radius 2 is 1.15 bits per heavy atom. The van der Waals surface area contributed by atoms with E-state index in [-0.39, 0.29) is 21.7 Å². The molecule has 0 fully saturated rings. The van der Waals surface area contributed by atoms with Gasteiger partial charge >= 0.3 is 113 Å². The molecule has 2 aromatic rings. The summed E-state index contributed by atoms with van der Waals surface area (Å²) in [6, 6.07) is 12.9. The minimum absolute atomic E-state index is 0.233. The van der Waals surface area contributed by atoms with Crippen LogP contribution in [0.25, 0.3) is 0 Å². The van der Waals surface area contributed by atoms with Crippen molar-refractivity contribution in [1.29, 1.82) is 0 Å². The molecule has 0 unspecified atom stereocenters. The van der Waals surface area contributed by atoms with Gasteiger partial charge in [0.25, 0.3) is 0 Å². The molecular formula is C14H9O5P. The number of hydrogen-bond donors (Lipinski definition) is 1. The van der Waals surface area contributed by atoms with Crippen LogP contribution in [0.4, 0.5) is 0 Å². The third kappa shape index (κ3) is 1.11. The van der Waals surface area contributed by atoms with Gasteiger partial charge in [-0.25, -0.2) is 0 Å². The molecule has 0 radical (unpaired) electrons. The van der Waals surface area contributed by atoms with Gasteiger partial charge < -0.3 is 0 Å². The molecule has 0 saturated carbocycles. The number of carbonyl (C=O) groups is 2. The average Bonchev–Trinajstić information content (AvgIpc) is 2.83. The van der Waals surface area contributed by atoms with E-state index in [0.29, 0.717) is 0 Å². The SMILES string of the molecule is O=C1OP2(O)(OC(=O)c3ccccc32)c2ccccc21. The maximum atomic E-state index is 12.0.